The first-order valence-corrected chi connectivity index (χ1v) is 10.2. The molecule has 0 aromatic heterocycles. The number of aromatic hydroxyl groups is 1. The summed E-state index contributed by atoms with van der Waals surface area (Å²) in [4.78, 5) is 28.6. The van der Waals surface area contributed by atoms with Gasteiger partial charge >= 0.3 is 0 Å². The van der Waals surface area contributed by atoms with E-state index in [0.29, 0.717) is 31.6 Å². The number of likely N-dealkylation sites (tertiary alicyclic amines) is 1. The molecule has 2 aromatic carbocycles. The van der Waals surface area contributed by atoms with Crippen LogP contribution in [0, 0.1) is 23.1 Å². The Morgan fingerprint density at radius 3 is 2.52 bits per heavy atom. The van der Waals surface area contributed by atoms with Crippen LogP contribution in [0.5, 0.6) is 5.75 Å². The van der Waals surface area contributed by atoms with Gasteiger partial charge in [-0.15, -0.1) is 0 Å². The van der Waals surface area contributed by atoms with Crippen LogP contribution >= 0.6 is 0 Å². The SMILES string of the molecule is N#CCCN(C(=O)CN1CCC(C(=O)Nc2ccccc2O)CC1)c1ccccc1F. The molecular weight excluding hydrogens is 399 g/mol. The normalized spacial score (nSPS) is 14.6. The highest BCUT2D eigenvalue weighted by Crippen LogP contribution is 2.25. The molecule has 1 aliphatic heterocycles. The Balaban J connectivity index is 1.56. The number of para-hydroxylation sites is 3. The quantitative estimate of drug-likeness (QED) is 0.666. The average molecular weight is 424 g/mol. The van der Waals surface area contributed by atoms with E-state index in [1.807, 2.05) is 11.0 Å². The molecule has 3 rings (SSSR count). The molecule has 7 nitrogen and oxygen atoms in total. The summed E-state index contributed by atoms with van der Waals surface area (Å²) in [5.74, 6) is -1.14. The van der Waals surface area contributed by atoms with Crippen LogP contribution in [0.3, 0.4) is 0 Å². The van der Waals surface area contributed by atoms with Crippen molar-refractivity contribution in [3.8, 4) is 11.8 Å². The zero-order valence-corrected chi connectivity index (χ0v) is 17.1. The molecule has 0 spiro atoms. The predicted molar refractivity (Wildman–Crippen MR) is 115 cm³/mol. The van der Waals surface area contributed by atoms with Gasteiger partial charge in [-0.2, -0.15) is 5.26 Å². The number of nitrogens with one attached hydrogen (secondary N) is 1. The van der Waals surface area contributed by atoms with Gasteiger partial charge in [0.15, 0.2) is 0 Å². The average Bonchev–Trinajstić information content (AvgIpc) is 2.77. The maximum absolute atomic E-state index is 14.2. The number of benzene rings is 2. The lowest BCUT2D eigenvalue weighted by atomic mass is 9.95. The number of nitrogens with zero attached hydrogens (tertiary/aromatic N) is 3. The highest BCUT2D eigenvalue weighted by atomic mass is 19.1. The standard InChI is InChI=1S/C23H25FN4O3/c24-18-6-1-3-8-20(18)28(13-5-12-25)22(30)16-27-14-10-17(11-15-27)23(31)26-19-7-2-4-9-21(19)29/h1-4,6-9,17,29H,5,10-11,13-16H2,(H,26,31). The molecule has 1 fully saturated rings. The number of phenolic OH excluding ortho intramolecular Hbond substituents is 1. The van der Waals surface area contributed by atoms with Crippen LogP contribution in [0.1, 0.15) is 19.3 Å². The Hall–Kier alpha value is -3.44. The maximum Gasteiger partial charge on any atom is 0.241 e. The van der Waals surface area contributed by atoms with Crippen molar-refractivity contribution >= 4 is 23.2 Å². The van der Waals surface area contributed by atoms with Gasteiger partial charge < -0.3 is 15.3 Å². The summed E-state index contributed by atoms with van der Waals surface area (Å²) in [7, 11) is 0. The second-order valence-corrected chi connectivity index (χ2v) is 7.46. The molecule has 0 aliphatic carbocycles. The van der Waals surface area contributed by atoms with Crippen molar-refractivity contribution < 1.29 is 19.1 Å². The first-order valence-electron chi connectivity index (χ1n) is 10.2. The first kappa shape index (κ1) is 22.2. The molecular formula is C23H25FN4O3. The van der Waals surface area contributed by atoms with Crippen LogP contribution in [0.25, 0.3) is 0 Å². The van der Waals surface area contributed by atoms with Crippen molar-refractivity contribution in [3.05, 3.63) is 54.3 Å². The van der Waals surface area contributed by atoms with Crippen molar-refractivity contribution in [2.24, 2.45) is 5.92 Å². The molecule has 0 radical (unpaired) electrons. The van der Waals surface area contributed by atoms with Gasteiger partial charge in [0.05, 0.1) is 30.4 Å². The minimum Gasteiger partial charge on any atom is -0.506 e. The Bertz CT molecular complexity index is 967. The molecule has 2 N–H and O–H groups in total. The Morgan fingerprint density at radius 2 is 1.84 bits per heavy atom. The van der Waals surface area contributed by atoms with E-state index in [1.54, 1.807) is 30.3 Å². The van der Waals surface area contributed by atoms with E-state index in [0.717, 1.165) is 0 Å². The molecule has 1 aliphatic rings. The first-order chi connectivity index (χ1) is 15.0. The summed E-state index contributed by atoms with van der Waals surface area (Å²) in [6, 6.07) is 14.6. The van der Waals surface area contributed by atoms with E-state index in [1.165, 1.54) is 23.1 Å². The molecule has 1 heterocycles. The Labute approximate surface area is 180 Å². The number of rotatable bonds is 7. The molecule has 2 amide bonds. The molecule has 0 saturated carbocycles. The van der Waals surface area contributed by atoms with Crippen LogP contribution < -0.4 is 10.2 Å². The van der Waals surface area contributed by atoms with Crippen molar-refractivity contribution in [1.82, 2.24) is 4.90 Å². The van der Waals surface area contributed by atoms with Crippen LogP contribution in [-0.4, -0.2) is 48.0 Å². The lowest BCUT2D eigenvalue weighted by molar-refractivity contribution is -0.122. The van der Waals surface area contributed by atoms with Gasteiger partial charge in [0.25, 0.3) is 0 Å². The number of carbonyl (C=O) groups is 2. The van der Waals surface area contributed by atoms with Crippen molar-refractivity contribution in [1.29, 1.82) is 5.26 Å². The van der Waals surface area contributed by atoms with E-state index in [-0.39, 0.29) is 48.7 Å². The highest BCUT2D eigenvalue weighted by Gasteiger charge is 2.28. The molecule has 8 heteroatoms. The zero-order chi connectivity index (χ0) is 22.2. The number of halogens is 1. The van der Waals surface area contributed by atoms with E-state index in [4.69, 9.17) is 5.26 Å². The van der Waals surface area contributed by atoms with Crippen LogP contribution in [0.4, 0.5) is 15.8 Å². The topological polar surface area (TPSA) is 96.7 Å². The zero-order valence-electron chi connectivity index (χ0n) is 17.1. The summed E-state index contributed by atoms with van der Waals surface area (Å²) in [6.45, 7) is 1.31. The lowest BCUT2D eigenvalue weighted by Gasteiger charge is -2.32. The van der Waals surface area contributed by atoms with Crippen molar-refractivity contribution in [3.63, 3.8) is 0 Å². The smallest absolute Gasteiger partial charge is 0.241 e. The number of piperidine rings is 1. The third kappa shape index (κ3) is 5.80. The third-order valence-corrected chi connectivity index (χ3v) is 5.37. The fraction of sp³-hybridized carbons (Fsp3) is 0.348. The number of phenols is 1. The number of hydrogen-bond acceptors (Lipinski definition) is 5. The number of nitriles is 1. The van der Waals surface area contributed by atoms with Gasteiger partial charge in [-0.3, -0.25) is 14.5 Å². The monoisotopic (exact) mass is 424 g/mol. The Morgan fingerprint density at radius 1 is 1.16 bits per heavy atom. The Kier molecular flexibility index (Phi) is 7.57. The molecule has 0 bridgehead atoms. The van der Waals surface area contributed by atoms with E-state index in [2.05, 4.69) is 5.32 Å². The number of hydrogen-bond donors (Lipinski definition) is 2. The van der Waals surface area contributed by atoms with Crippen molar-refractivity contribution in [2.45, 2.75) is 19.3 Å². The fourth-order valence-corrected chi connectivity index (χ4v) is 3.66. The van der Waals surface area contributed by atoms with Gasteiger partial charge in [-0.25, -0.2) is 4.39 Å². The third-order valence-electron chi connectivity index (χ3n) is 5.37. The second kappa shape index (κ2) is 10.5. The number of amides is 2. The summed E-state index contributed by atoms with van der Waals surface area (Å²) in [5, 5.41) is 21.5. The highest BCUT2D eigenvalue weighted by molar-refractivity contribution is 5.95. The van der Waals surface area contributed by atoms with Crippen LogP contribution in [0.2, 0.25) is 0 Å². The lowest BCUT2D eigenvalue weighted by Crippen LogP contribution is -2.45. The summed E-state index contributed by atoms with van der Waals surface area (Å²) in [5.41, 5.74) is 0.544. The molecule has 1 saturated heterocycles. The van der Waals surface area contributed by atoms with E-state index < -0.39 is 5.82 Å². The van der Waals surface area contributed by atoms with Gasteiger partial charge in [0.1, 0.15) is 11.6 Å². The van der Waals surface area contributed by atoms with Gasteiger partial charge in [-0.05, 0) is 50.2 Å². The van der Waals surface area contributed by atoms with Crippen LogP contribution in [-0.2, 0) is 9.59 Å². The van der Waals surface area contributed by atoms with Gasteiger partial charge in [-0.1, -0.05) is 24.3 Å². The predicted octanol–water partition coefficient (Wildman–Crippen LogP) is 3.13. The summed E-state index contributed by atoms with van der Waals surface area (Å²) < 4.78 is 14.2. The number of carbonyl (C=O) groups excluding carboxylic acids is 2. The van der Waals surface area contributed by atoms with Crippen molar-refractivity contribution in [2.75, 3.05) is 36.4 Å². The molecule has 31 heavy (non-hydrogen) atoms. The molecule has 0 unspecified atom stereocenters. The molecule has 2 aromatic rings. The minimum atomic E-state index is -0.506. The number of anilines is 2. The minimum absolute atomic E-state index is 0.0180. The van der Waals surface area contributed by atoms with E-state index in [9.17, 15) is 19.1 Å². The van der Waals surface area contributed by atoms with Gasteiger partial charge in [0.2, 0.25) is 11.8 Å². The fourth-order valence-electron chi connectivity index (χ4n) is 3.66. The van der Waals surface area contributed by atoms with Crippen LogP contribution in [0.15, 0.2) is 48.5 Å². The second-order valence-electron chi connectivity index (χ2n) is 7.46. The maximum atomic E-state index is 14.2. The summed E-state index contributed by atoms with van der Waals surface area (Å²) >= 11 is 0. The molecule has 162 valence electrons. The van der Waals surface area contributed by atoms with E-state index >= 15 is 0 Å². The molecule has 0 atom stereocenters. The summed E-state index contributed by atoms with van der Waals surface area (Å²) in [6.07, 6.45) is 1.25. The largest absolute Gasteiger partial charge is 0.506 e. The van der Waals surface area contributed by atoms with Gasteiger partial charge in [0, 0.05) is 12.5 Å².